The highest BCUT2D eigenvalue weighted by atomic mass is 16.6. The molecule has 1 aliphatic carbocycles. The van der Waals surface area contributed by atoms with Gasteiger partial charge in [-0.2, -0.15) is 0 Å². The fourth-order valence-corrected chi connectivity index (χ4v) is 4.90. The molecule has 3 rings (SSSR count). The van der Waals surface area contributed by atoms with Crippen LogP contribution in [0.2, 0.25) is 0 Å². The lowest BCUT2D eigenvalue weighted by atomic mass is 9.68. The van der Waals surface area contributed by atoms with Gasteiger partial charge in [0.2, 0.25) is 0 Å². The Kier molecular flexibility index (Phi) is 6.40. The molecule has 6 heteroatoms. The van der Waals surface area contributed by atoms with Crippen LogP contribution in [-0.2, 0) is 19.1 Å². The Labute approximate surface area is 169 Å². The second kappa shape index (κ2) is 8.31. The average molecular weight is 395 g/mol. The van der Waals surface area contributed by atoms with Crippen LogP contribution in [0.1, 0.15) is 72.6 Å². The molecule has 0 aromatic heterocycles. The van der Waals surface area contributed by atoms with Crippen molar-refractivity contribution in [1.82, 2.24) is 10.6 Å². The standard InChI is InChI=1S/C22H38N2O4/c1-20(2,16-6-12-23-13-7-16)27-18(25)22(10-5-11-22)19(26)28-21(3,4)17-8-14-24-15-9-17/h16-17,23-24H,5-15H2,1-4H3. The topological polar surface area (TPSA) is 76.7 Å². The van der Waals surface area contributed by atoms with E-state index in [1.54, 1.807) is 0 Å². The number of nitrogens with one attached hydrogen (secondary N) is 2. The van der Waals surface area contributed by atoms with Gasteiger partial charge in [-0.05, 0) is 98.8 Å². The van der Waals surface area contributed by atoms with E-state index in [-0.39, 0.29) is 11.9 Å². The molecule has 0 aromatic carbocycles. The third kappa shape index (κ3) is 4.38. The third-order valence-corrected chi connectivity index (χ3v) is 7.34. The molecule has 2 N–H and O–H groups in total. The Balaban J connectivity index is 1.66. The summed E-state index contributed by atoms with van der Waals surface area (Å²) in [5, 5.41) is 6.70. The summed E-state index contributed by atoms with van der Waals surface area (Å²) in [5.74, 6) is -0.129. The first-order valence-corrected chi connectivity index (χ1v) is 11.1. The molecule has 6 nitrogen and oxygen atoms in total. The van der Waals surface area contributed by atoms with E-state index in [1.165, 1.54) is 0 Å². The average Bonchev–Trinajstić information content (AvgIpc) is 2.61. The van der Waals surface area contributed by atoms with Crippen molar-refractivity contribution >= 4 is 11.9 Å². The fraction of sp³-hybridized carbons (Fsp3) is 0.909. The normalized spacial score (nSPS) is 24.3. The molecule has 2 saturated heterocycles. The van der Waals surface area contributed by atoms with Crippen molar-refractivity contribution in [3.8, 4) is 0 Å². The summed E-state index contributed by atoms with van der Waals surface area (Å²) in [6.45, 7) is 11.7. The van der Waals surface area contributed by atoms with E-state index in [1.807, 2.05) is 27.7 Å². The van der Waals surface area contributed by atoms with Crippen LogP contribution in [0, 0.1) is 17.3 Å². The number of hydrogen-bond donors (Lipinski definition) is 2. The third-order valence-electron chi connectivity index (χ3n) is 7.34. The second-order valence-electron chi connectivity index (χ2n) is 9.97. The molecule has 1 saturated carbocycles. The van der Waals surface area contributed by atoms with Crippen LogP contribution < -0.4 is 10.6 Å². The number of esters is 2. The van der Waals surface area contributed by atoms with Crippen LogP contribution >= 0.6 is 0 Å². The van der Waals surface area contributed by atoms with E-state index < -0.39 is 16.6 Å². The monoisotopic (exact) mass is 394 g/mol. The van der Waals surface area contributed by atoms with Gasteiger partial charge >= 0.3 is 11.9 Å². The molecular formula is C22H38N2O4. The van der Waals surface area contributed by atoms with Crippen LogP contribution in [0.3, 0.4) is 0 Å². The van der Waals surface area contributed by atoms with Crippen LogP contribution in [0.25, 0.3) is 0 Å². The van der Waals surface area contributed by atoms with Crippen molar-refractivity contribution in [2.24, 2.45) is 17.3 Å². The van der Waals surface area contributed by atoms with E-state index in [9.17, 15) is 9.59 Å². The number of ether oxygens (including phenoxy) is 2. The maximum Gasteiger partial charge on any atom is 0.324 e. The van der Waals surface area contributed by atoms with Gasteiger partial charge in [0.15, 0.2) is 5.41 Å². The second-order valence-corrected chi connectivity index (χ2v) is 9.97. The number of hydrogen-bond acceptors (Lipinski definition) is 6. The van der Waals surface area contributed by atoms with E-state index in [0.29, 0.717) is 24.7 Å². The highest BCUT2D eigenvalue weighted by Gasteiger charge is 2.56. The van der Waals surface area contributed by atoms with Crippen molar-refractivity contribution in [3.63, 3.8) is 0 Å². The summed E-state index contributed by atoms with van der Waals surface area (Å²) in [5.41, 5.74) is -2.23. The number of carbonyl (C=O) groups is 2. The molecule has 2 heterocycles. The number of carbonyl (C=O) groups excluding carboxylic acids is 2. The predicted molar refractivity (Wildman–Crippen MR) is 108 cm³/mol. The molecule has 0 bridgehead atoms. The Morgan fingerprint density at radius 2 is 1.11 bits per heavy atom. The zero-order valence-electron chi connectivity index (χ0n) is 18.1. The van der Waals surface area contributed by atoms with Crippen molar-refractivity contribution in [1.29, 1.82) is 0 Å². The Morgan fingerprint density at radius 3 is 1.39 bits per heavy atom. The number of piperidine rings is 2. The summed E-state index contributed by atoms with van der Waals surface area (Å²) < 4.78 is 12.0. The maximum atomic E-state index is 13.2. The molecular weight excluding hydrogens is 356 g/mol. The van der Waals surface area contributed by atoms with Gasteiger partial charge in [-0.3, -0.25) is 9.59 Å². The van der Waals surface area contributed by atoms with E-state index in [0.717, 1.165) is 58.3 Å². The zero-order valence-corrected chi connectivity index (χ0v) is 18.1. The van der Waals surface area contributed by atoms with Crippen molar-refractivity contribution in [3.05, 3.63) is 0 Å². The largest absolute Gasteiger partial charge is 0.459 e. The van der Waals surface area contributed by atoms with Gasteiger partial charge in [0.1, 0.15) is 11.2 Å². The molecule has 3 fully saturated rings. The first kappa shape index (κ1) is 21.6. The van der Waals surface area contributed by atoms with E-state index in [4.69, 9.17) is 9.47 Å². The predicted octanol–water partition coefficient (Wildman–Crippen LogP) is 2.80. The Hall–Kier alpha value is -1.14. The van der Waals surface area contributed by atoms with Crippen molar-refractivity contribution in [2.45, 2.75) is 83.8 Å². The number of rotatable bonds is 6. The van der Waals surface area contributed by atoms with E-state index in [2.05, 4.69) is 10.6 Å². The van der Waals surface area contributed by atoms with Crippen molar-refractivity contribution in [2.75, 3.05) is 26.2 Å². The Morgan fingerprint density at radius 1 is 0.750 bits per heavy atom. The molecule has 0 radical (unpaired) electrons. The van der Waals surface area contributed by atoms with Crippen LogP contribution in [-0.4, -0.2) is 49.3 Å². The quantitative estimate of drug-likeness (QED) is 0.533. The summed E-state index contributed by atoms with van der Waals surface area (Å²) in [6, 6.07) is 0. The lowest BCUT2D eigenvalue weighted by Crippen LogP contribution is -2.54. The van der Waals surface area contributed by atoms with Crippen LogP contribution in [0.4, 0.5) is 0 Å². The minimum absolute atomic E-state index is 0.317. The van der Waals surface area contributed by atoms with Gasteiger partial charge < -0.3 is 20.1 Å². The van der Waals surface area contributed by atoms with Gasteiger partial charge in [0, 0.05) is 11.8 Å². The van der Waals surface area contributed by atoms with Gasteiger partial charge in [-0.15, -0.1) is 0 Å². The fourth-order valence-electron chi connectivity index (χ4n) is 4.90. The first-order valence-electron chi connectivity index (χ1n) is 11.1. The molecule has 0 atom stereocenters. The zero-order chi connectivity index (χ0) is 20.4. The van der Waals surface area contributed by atoms with E-state index >= 15 is 0 Å². The molecule has 3 aliphatic rings. The minimum atomic E-state index is -1.10. The summed E-state index contributed by atoms with van der Waals surface area (Å²) in [6.07, 6.45) is 5.89. The van der Waals surface area contributed by atoms with Gasteiger partial charge in [0.25, 0.3) is 0 Å². The molecule has 28 heavy (non-hydrogen) atoms. The smallest absolute Gasteiger partial charge is 0.324 e. The van der Waals surface area contributed by atoms with Gasteiger partial charge in [-0.1, -0.05) is 0 Å². The summed E-state index contributed by atoms with van der Waals surface area (Å²) in [7, 11) is 0. The van der Waals surface area contributed by atoms with Crippen LogP contribution in [0.5, 0.6) is 0 Å². The molecule has 2 aliphatic heterocycles. The molecule has 160 valence electrons. The van der Waals surface area contributed by atoms with Crippen LogP contribution in [0.15, 0.2) is 0 Å². The first-order chi connectivity index (χ1) is 13.2. The maximum absolute atomic E-state index is 13.2. The minimum Gasteiger partial charge on any atom is -0.459 e. The highest BCUT2D eigenvalue weighted by Crippen LogP contribution is 2.46. The SMILES string of the molecule is CC(C)(OC(=O)C1(C(=O)OC(C)(C)C2CCNCC2)CCC1)C1CCNCC1. The van der Waals surface area contributed by atoms with Gasteiger partial charge in [-0.25, -0.2) is 0 Å². The highest BCUT2D eigenvalue weighted by molar-refractivity contribution is 6.01. The lowest BCUT2D eigenvalue weighted by Gasteiger charge is -2.44. The van der Waals surface area contributed by atoms with Gasteiger partial charge in [0.05, 0.1) is 0 Å². The lowest BCUT2D eigenvalue weighted by molar-refractivity contribution is -0.200. The Bertz CT molecular complexity index is 525. The molecule has 0 unspecified atom stereocenters. The summed E-state index contributed by atoms with van der Waals surface area (Å²) in [4.78, 5) is 26.3. The summed E-state index contributed by atoms with van der Waals surface area (Å²) >= 11 is 0. The molecule has 0 amide bonds. The van der Waals surface area contributed by atoms with Crippen molar-refractivity contribution < 1.29 is 19.1 Å². The molecule has 0 spiro atoms. The molecule has 0 aromatic rings.